The third kappa shape index (κ3) is 3.94. The predicted molar refractivity (Wildman–Crippen MR) is 99.8 cm³/mol. The molecule has 142 valence electrons. The molecule has 0 spiro atoms. The minimum Gasteiger partial charge on any atom is -0.492 e. The quantitative estimate of drug-likeness (QED) is 0.718. The van der Waals surface area contributed by atoms with E-state index in [-0.39, 0.29) is 24.9 Å². The van der Waals surface area contributed by atoms with Crippen molar-refractivity contribution in [1.29, 1.82) is 0 Å². The number of rotatable bonds is 8. The molecule has 0 saturated carbocycles. The van der Waals surface area contributed by atoms with E-state index in [1.165, 1.54) is 17.0 Å². The topological polar surface area (TPSA) is 58.6 Å². The maximum absolute atomic E-state index is 13.3. The van der Waals surface area contributed by atoms with E-state index >= 15 is 0 Å². The highest BCUT2D eigenvalue weighted by molar-refractivity contribution is 6.07. The van der Waals surface area contributed by atoms with Crippen LogP contribution in [-0.4, -0.2) is 30.0 Å². The van der Waals surface area contributed by atoms with Gasteiger partial charge in [-0.25, -0.2) is 9.18 Å². The highest BCUT2D eigenvalue weighted by Gasteiger charge is 2.51. The summed E-state index contributed by atoms with van der Waals surface area (Å²) in [5.74, 6) is -0.0150. The molecule has 1 atom stereocenters. The van der Waals surface area contributed by atoms with Gasteiger partial charge in [-0.1, -0.05) is 50.1 Å². The highest BCUT2D eigenvalue weighted by Crippen LogP contribution is 2.34. The second-order valence-corrected chi connectivity index (χ2v) is 6.56. The van der Waals surface area contributed by atoms with Crippen molar-refractivity contribution >= 4 is 11.9 Å². The maximum atomic E-state index is 13.3. The summed E-state index contributed by atoms with van der Waals surface area (Å²) in [5, 5.41) is 2.85. The molecule has 1 fully saturated rings. The SMILES string of the molecule is CCCC[C@@]1(c2ccc(F)cc2)NC(=O)N(CCOc2ccccc2)C1=O. The zero-order valence-corrected chi connectivity index (χ0v) is 15.3. The number of imide groups is 1. The fraction of sp³-hybridized carbons (Fsp3) is 0.333. The van der Waals surface area contributed by atoms with Crippen molar-refractivity contribution in [2.45, 2.75) is 31.7 Å². The lowest BCUT2D eigenvalue weighted by Crippen LogP contribution is -2.44. The number of amides is 3. The number of unbranched alkanes of at least 4 members (excludes halogenated alkanes) is 1. The molecule has 1 aliphatic heterocycles. The molecular formula is C21H23FN2O3. The van der Waals surface area contributed by atoms with Crippen LogP contribution >= 0.6 is 0 Å². The van der Waals surface area contributed by atoms with E-state index in [0.717, 1.165) is 12.8 Å². The van der Waals surface area contributed by atoms with Crippen molar-refractivity contribution in [3.8, 4) is 5.75 Å². The zero-order chi connectivity index (χ0) is 19.3. The lowest BCUT2D eigenvalue weighted by Gasteiger charge is -2.27. The van der Waals surface area contributed by atoms with Gasteiger partial charge in [0.25, 0.3) is 5.91 Å². The number of halogens is 1. The van der Waals surface area contributed by atoms with Crippen molar-refractivity contribution in [2.24, 2.45) is 0 Å². The minimum atomic E-state index is -1.15. The fourth-order valence-corrected chi connectivity index (χ4v) is 3.29. The Balaban J connectivity index is 1.76. The third-order valence-electron chi connectivity index (χ3n) is 4.74. The van der Waals surface area contributed by atoms with Crippen LogP contribution in [0, 0.1) is 5.82 Å². The number of hydrogen-bond donors (Lipinski definition) is 1. The lowest BCUT2D eigenvalue weighted by atomic mass is 9.85. The number of benzene rings is 2. The molecule has 1 saturated heterocycles. The van der Waals surface area contributed by atoms with Crippen molar-refractivity contribution in [2.75, 3.05) is 13.2 Å². The van der Waals surface area contributed by atoms with Crippen LogP contribution in [0.25, 0.3) is 0 Å². The molecule has 27 heavy (non-hydrogen) atoms. The Labute approximate surface area is 158 Å². The maximum Gasteiger partial charge on any atom is 0.325 e. The van der Waals surface area contributed by atoms with Gasteiger partial charge < -0.3 is 10.1 Å². The van der Waals surface area contributed by atoms with E-state index in [1.807, 2.05) is 37.3 Å². The number of carbonyl (C=O) groups is 2. The lowest BCUT2D eigenvalue weighted by molar-refractivity contribution is -0.132. The van der Waals surface area contributed by atoms with Gasteiger partial charge in [0, 0.05) is 0 Å². The Morgan fingerprint density at radius 3 is 2.44 bits per heavy atom. The van der Waals surface area contributed by atoms with Gasteiger partial charge in [0.15, 0.2) is 0 Å². The van der Waals surface area contributed by atoms with Crippen LogP contribution in [-0.2, 0) is 10.3 Å². The number of para-hydroxylation sites is 1. The van der Waals surface area contributed by atoms with Gasteiger partial charge in [-0.2, -0.15) is 0 Å². The molecule has 0 aliphatic carbocycles. The second kappa shape index (κ2) is 8.20. The summed E-state index contributed by atoms with van der Waals surface area (Å²) < 4.78 is 18.9. The van der Waals surface area contributed by atoms with E-state index in [1.54, 1.807) is 12.1 Å². The van der Waals surface area contributed by atoms with Gasteiger partial charge in [-0.15, -0.1) is 0 Å². The number of nitrogens with one attached hydrogen (secondary N) is 1. The largest absolute Gasteiger partial charge is 0.492 e. The van der Waals surface area contributed by atoms with Crippen LogP contribution in [0.3, 0.4) is 0 Å². The van der Waals surface area contributed by atoms with Crippen LogP contribution in [0.1, 0.15) is 31.7 Å². The monoisotopic (exact) mass is 370 g/mol. The molecule has 3 rings (SSSR count). The van der Waals surface area contributed by atoms with Gasteiger partial charge in [0.2, 0.25) is 0 Å². The first-order valence-corrected chi connectivity index (χ1v) is 9.15. The summed E-state index contributed by atoms with van der Waals surface area (Å²) in [6.45, 7) is 2.37. The Hall–Kier alpha value is -2.89. The standard InChI is InChI=1S/C21H23FN2O3/c1-2-3-13-21(16-9-11-17(22)12-10-16)19(25)24(20(26)23-21)14-15-27-18-7-5-4-6-8-18/h4-12H,2-3,13-15H2,1H3,(H,23,26)/t21-/m0/s1. The third-order valence-corrected chi connectivity index (χ3v) is 4.74. The van der Waals surface area contributed by atoms with E-state index in [0.29, 0.717) is 17.7 Å². The summed E-state index contributed by atoms with van der Waals surface area (Å²) in [6.07, 6.45) is 2.11. The summed E-state index contributed by atoms with van der Waals surface area (Å²) in [5.41, 5.74) is -0.546. The Morgan fingerprint density at radius 1 is 1.07 bits per heavy atom. The Morgan fingerprint density at radius 2 is 1.78 bits per heavy atom. The Bertz CT molecular complexity index is 795. The molecule has 0 aromatic heterocycles. The van der Waals surface area contributed by atoms with Crippen LogP contribution in [0.2, 0.25) is 0 Å². The molecule has 0 radical (unpaired) electrons. The van der Waals surface area contributed by atoms with E-state index in [9.17, 15) is 14.0 Å². The van der Waals surface area contributed by atoms with Crippen LogP contribution < -0.4 is 10.1 Å². The normalized spacial score (nSPS) is 19.3. The first-order chi connectivity index (χ1) is 13.1. The number of nitrogens with zero attached hydrogens (tertiary/aromatic N) is 1. The van der Waals surface area contributed by atoms with Crippen LogP contribution in [0.15, 0.2) is 54.6 Å². The number of hydrogen-bond acceptors (Lipinski definition) is 3. The summed E-state index contributed by atoms with van der Waals surface area (Å²) in [4.78, 5) is 26.9. The molecule has 0 unspecified atom stereocenters. The number of ether oxygens (including phenoxy) is 1. The first-order valence-electron chi connectivity index (χ1n) is 9.15. The molecule has 6 heteroatoms. The minimum absolute atomic E-state index is 0.147. The van der Waals surface area contributed by atoms with Gasteiger partial charge in [0.05, 0.1) is 6.54 Å². The molecule has 3 amide bonds. The zero-order valence-electron chi connectivity index (χ0n) is 15.3. The summed E-state index contributed by atoms with van der Waals surface area (Å²) in [6, 6.07) is 14.5. The average molecular weight is 370 g/mol. The first kappa shape index (κ1) is 18.9. The summed E-state index contributed by atoms with van der Waals surface area (Å²) in [7, 11) is 0. The molecule has 2 aromatic rings. The van der Waals surface area contributed by atoms with Crippen LogP contribution in [0.4, 0.5) is 9.18 Å². The van der Waals surface area contributed by atoms with E-state index in [4.69, 9.17) is 4.74 Å². The Kier molecular flexibility index (Phi) is 5.74. The summed E-state index contributed by atoms with van der Waals surface area (Å²) >= 11 is 0. The van der Waals surface area contributed by atoms with E-state index < -0.39 is 11.6 Å². The molecule has 0 bridgehead atoms. The van der Waals surface area contributed by atoms with Gasteiger partial charge >= 0.3 is 6.03 Å². The average Bonchev–Trinajstić information content (AvgIpc) is 2.93. The highest BCUT2D eigenvalue weighted by atomic mass is 19.1. The van der Waals surface area contributed by atoms with Crippen molar-refractivity contribution in [3.63, 3.8) is 0 Å². The fourth-order valence-electron chi connectivity index (χ4n) is 3.29. The smallest absolute Gasteiger partial charge is 0.325 e. The van der Waals surface area contributed by atoms with Gasteiger partial charge in [0.1, 0.15) is 23.7 Å². The van der Waals surface area contributed by atoms with E-state index in [2.05, 4.69) is 5.32 Å². The molecule has 5 nitrogen and oxygen atoms in total. The van der Waals surface area contributed by atoms with Crippen LogP contribution in [0.5, 0.6) is 5.75 Å². The number of carbonyl (C=O) groups excluding carboxylic acids is 2. The van der Waals surface area contributed by atoms with Gasteiger partial charge in [-0.05, 0) is 36.2 Å². The molecule has 1 aliphatic rings. The second-order valence-electron chi connectivity index (χ2n) is 6.56. The molecule has 1 N–H and O–H groups in total. The predicted octanol–water partition coefficient (Wildman–Crippen LogP) is 3.84. The van der Waals surface area contributed by atoms with Crippen molar-refractivity contribution in [3.05, 3.63) is 66.0 Å². The molecule has 1 heterocycles. The number of urea groups is 1. The molecule has 2 aromatic carbocycles. The van der Waals surface area contributed by atoms with Crippen molar-refractivity contribution in [1.82, 2.24) is 10.2 Å². The van der Waals surface area contributed by atoms with Gasteiger partial charge in [-0.3, -0.25) is 9.69 Å². The molecular weight excluding hydrogens is 347 g/mol. The van der Waals surface area contributed by atoms with Crippen molar-refractivity contribution < 1.29 is 18.7 Å².